The number of nitrogens with one attached hydrogen (secondary N) is 1. The van der Waals surface area contributed by atoms with Gasteiger partial charge in [0.1, 0.15) is 0 Å². The number of benzene rings is 2. The van der Waals surface area contributed by atoms with E-state index in [2.05, 4.69) is 39.8 Å². The number of thioether (sulfide) groups is 1. The molecule has 142 valence electrons. The summed E-state index contributed by atoms with van der Waals surface area (Å²) in [4.78, 5) is 12.0. The molecule has 0 spiro atoms. The van der Waals surface area contributed by atoms with Crippen LogP contribution >= 0.6 is 11.8 Å². The topological polar surface area (TPSA) is 95.1 Å². The highest BCUT2D eigenvalue weighted by Gasteiger charge is 2.14. The predicted molar refractivity (Wildman–Crippen MR) is 107 cm³/mol. The fourth-order valence-corrected chi connectivity index (χ4v) is 3.57. The predicted octanol–water partition coefficient (Wildman–Crippen LogP) is 1.98. The Morgan fingerprint density at radius 3 is 2.85 bits per heavy atom. The van der Waals surface area contributed by atoms with Crippen molar-refractivity contribution in [1.29, 1.82) is 0 Å². The summed E-state index contributed by atoms with van der Waals surface area (Å²) in [6.07, 6.45) is 0.572. The number of ether oxygens (including phenoxy) is 1. The minimum atomic E-state index is -0.0943. The molecule has 0 aliphatic heterocycles. The van der Waals surface area contributed by atoms with Crippen LogP contribution in [-0.2, 0) is 16.0 Å². The van der Waals surface area contributed by atoms with Gasteiger partial charge >= 0.3 is 0 Å². The van der Waals surface area contributed by atoms with E-state index in [1.165, 1.54) is 27.2 Å². The molecule has 1 heterocycles. The molecule has 1 atom stereocenters. The zero-order chi connectivity index (χ0) is 19.2. The third kappa shape index (κ3) is 4.78. The molecular weight excluding hydrogens is 362 g/mol. The second-order valence-corrected chi connectivity index (χ2v) is 7.24. The number of carbonyl (C=O) groups is 1. The van der Waals surface area contributed by atoms with Gasteiger partial charge in [-0.1, -0.05) is 54.2 Å². The largest absolute Gasteiger partial charge is 0.383 e. The molecule has 0 saturated carbocycles. The van der Waals surface area contributed by atoms with E-state index in [1.54, 1.807) is 7.11 Å². The molecule has 0 saturated heterocycles. The number of nitrogens with two attached hydrogens (primary N) is 1. The number of amides is 1. The Kier molecular flexibility index (Phi) is 6.31. The van der Waals surface area contributed by atoms with E-state index in [4.69, 9.17) is 10.6 Å². The lowest BCUT2D eigenvalue weighted by molar-refractivity contribution is -0.119. The van der Waals surface area contributed by atoms with Gasteiger partial charge in [0.25, 0.3) is 0 Å². The van der Waals surface area contributed by atoms with Gasteiger partial charge in [0, 0.05) is 19.6 Å². The van der Waals surface area contributed by atoms with Crippen molar-refractivity contribution in [2.24, 2.45) is 0 Å². The second kappa shape index (κ2) is 8.88. The van der Waals surface area contributed by atoms with Gasteiger partial charge in [-0.3, -0.25) is 4.79 Å². The van der Waals surface area contributed by atoms with Crippen LogP contribution in [0.4, 0.5) is 0 Å². The van der Waals surface area contributed by atoms with Crippen LogP contribution in [0.15, 0.2) is 47.6 Å². The molecule has 3 N–H and O–H groups in total. The number of methoxy groups -OCH3 is 1. The molecule has 0 aliphatic rings. The lowest BCUT2D eigenvalue weighted by Gasteiger charge is -2.12. The highest BCUT2D eigenvalue weighted by molar-refractivity contribution is 7.99. The van der Waals surface area contributed by atoms with Crippen LogP contribution in [0.5, 0.6) is 0 Å². The quantitative estimate of drug-likeness (QED) is 0.455. The smallest absolute Gasteiger partial charge is 0.230 e. The average Bonchev–Trinajstić information content (AvgIpc) is 3.00. The van der Waals surface area contributed by atoms with E-state index in [-0.39, 0.29) is 17.7 Å². The van der Waals surface area contributed by atoms with Gasteiger partial charge in [-0.2, -0.15) is 0 Å². The van der Waals surface area contributed by atoms with E-state index in [0.717, 1.165) is 5.56 Å². The fraction of sp³-hybridized carbons (Fsp3) is 0.316. The minimum absolute atomic E-state index is 0.0410. The number of nitrogens with zero attached hydrogens (tertiary/aromatic N) is 3. The molecule has 1 amide bonds. The van der Waals surface area contributed by atoms with E-state index in [1.807, 2.05) is 25.1 Å². The molecule has 3 aromatic rings. The summed E-state index contributed by atoms with van der Waals surface area (Å²) in [6, 6.07) is 14.3. The molecule has 1 aromatic heterocycles. The van der Waals surface area contributed by atoms with Crippen molar-refractivity contribution in [2.45, 2.75) is 24.5 Å². The highest BCUT2D eigenvalue weighted by atomic mass is 32.2. The summed E-state index contributed by atoms with van der Waals surface area (Å²) in [6.45, 7) is 2.36. The zero-order valence-corrected chi connectivity index (χ0v) is 16.2. The van der Waals surface area contributed by atoms with Crippen molar-refractivity contribution in [3.63, 3.8) is 0 Å². The maximum atomic E-state index is 12.0. The van der Waals surface area contributed by atoms with E-state index in [9.17, 15) is 4.79 Å². The Labute approximate surface area is 162 Å². The molecule has 0 aliphatic carbocycles. The molecule has 0 fully saturated rings. The van der Waals surface area contributed by atoms with E-state index >= 15 is 0 Å². The molecule has 0 radical (unpaired) electrons. The van der Waals surface area contributed by atoms with Gasteiger partial charge in [0.2, 0.25) is 11.1 Å². The Morgan fingerprint density at radius 2 is 2.04 bits per heavy atom. The average molecular weight is 385 g/mol. The summed E-state index contributed by atoms with van der Waals surface area (Å²) in [5, 5.41) is 14.0. The van der Waals surface area contributed by atoms with Crippen molar-refractivity contribution >= 4 is 28.4 Å². The summed E-state index contributed by atoms with van der Waals surface area (Å²) in [5.74, 6) is 6.93. The SMILES string of the molecule is COC[C@@H](C)NC(=O)CSc1nnc(Cc2cccc3ccccc23)n1N. The van der Waals surface area contributed by atoms with Crippen molar-refractivity contribution in [3.05, 3.63) is 53.9 Å². The van der Waals surface area contributed by atoms with Crippen LogP contribution in [0.3, 0.4) is 0 Å². The zero-order valence-electron chi connectivity index (χ0n) is 15.4. The van der Waals surface area contributed by atoms with Gasteiger partial charge < -0.3 is 15.9 Å². The van der Waals surface area contributed by atoms with Crippen LogP contribution in [0, 0.1) is 0 Å². The van der Waals surface area contributed by atoms with Gasteiger partial charge in [0.15, 0.2) is 5.82 Å². The van der Waals surface area contributed by atoms with Crippen LogP contribution in [0.2, 0.25) is 0 Å². The summed E-state index contributed by atoms with van der Waals surface area (Å²) in [7, 11) is 1.60. The van der Waals surface area contributed by atoms with Gasteiger partial charge in [0.05, 0.1) is 12.4 Å². The van der Waals surface area contributed by atoms with Gasteiger partial charge in [-0.25, -0.2) is 4.68 Å². The Hall–Kier alpha value is -2.58. The fourth-order valence-electron chi connectivity index (χ4n) is 2.88. The van der Waals surface area contributed by atoms with Crippen LogP contribution in [0.1, 0.15) is 18.3 Å². The summed E-state index contributed by atoms with van der Waals surface area (Å²) >= 11 is 1.26. The maximum absolute atomic E-state index is 12.0. The lowest BCUT2D eigenvalue weighted by Crippen LogP contribution is -2.36. The molecule has 7 nitrogen and oxygen atoms in total. The number of aromatic nitrogens is 3. The van der Waals surface area contributed by atoms with Crippen molar-refractivity contribution in [3.8, 4) is 0 Å². The second-order valence-electron chi connectivity index (χ2n) is 6.30. The van der Waals surface area contributed by atoms with E-state index in [0.29, 0.717) is 24.0 Å². The first-order chi connectivity index (χ1) is 13.1. The Morgan fingerprint density at radius 1 is 1.26 bits per heavy atom. The first-order valence-corrected chi connectivity index (χ1v) is 9.64. The molecule has 0 unspecified atom stereocenters. The van der Waals surface area contributed by atoms with Gasteiger partial charge in [-0.15, -0.1) is 10.2 Å². The third-order valence-electron chi connectivity index (χ3n) is 4.12. The molecule has 8 heteroatoms. The maximum Gasteiger partial charge on any atom is 0.230 e. The number of nitrogen functional groups attached to an aromatic ring is 1. The first kappa shape index (κ1) is 19.2. The number of hydrogen-bond acceptors (Lipinski definition) is 6. The number of hydrogen-bond donors (Lipinski definition) is 2. The summed E-state index contributed by atoms with van der Waals surface area (Å²) < 4.78 is 6.47. The lowest BCUT2D eigenvalue weighted by atomic mass is 10.0. The molecule has 2 aromatic carbocycles. The van der Waals surface area contributed by atoms with Crippen molar-refractivity contribution in [2.75, 3.05) is 25.3 Å². The standard InChI is InChI=1S/C19H23N5O2S/c1-13(11-26-2)21-18(25)12-27-19-23-22-17(24(19)20)10-15-8-5-7-14-6-3-4-9-16(14)15/h3-9,13H,10-12,20H2,1-2H3,(H,21,25)/t13-/m1/s1. The molecular formula is C19H23N5O2S. The number of fused-ring (bicyclic) bond motifs is 1. The number of rotatable bonds is 8. The monoisotopic (exact) mass is 385 g/mol. The molecule has 0 bridgehead atoms. The van der Waals surface area contributed by atoms with Crippen LogP contribution in [-0.4, -0.2) is 46.3 Å². The van der Waals surface area contributed by atoms with E-state index < -0.39 is 0 Å². The molecule has 27 heavy (non-hydrogen) atoms. The highest BCUT2D eigenvalue weighted by Crippen LogP contribution is 2.22. The first-order valence-electron chi connectivity index (χ1n) is 8.65. The Bertz CT molecular complexity index is 922. The van der Waals surface area contributed by atoms with Gasteiger partial charge in [-0.05, 0) is 23.3 Å². The van der Waals surface area contributed by atoms with Crippen molar-refractivity contribution in [1.82, 2.24) is 20.2 Å². The van der Waals surface area contributed by atoms with Crippen molar-refractivity contribution < 1.29 is 9.53 Å². The molecule has 3 rings (SSSR count). The van der Waals surface area contributed by atoms with Crippen LogP contribution < -0.4 is 11.2 Å². The summed E-state index contributed by atoms with van der Waals surface area (Å²) in [5.41, 5.74) is 1.13. The Balaban J connectivity index is 1.66. The third-order valence-corrected chi connectivity index (χ3v) is 5.06. The number of carbonyl (C=O) groups excluding carboxylic acids is 1. The minimum Gasteiger partial charge on any atom is -0.383 e. The normalized spacial score (nSPS) is 12.2. The van der Waals surface area contributed by atoms with Crippen LogP contribution in [0.25, 0.3) is 10.8 Å².